The third-order valence-corrected chi connectivity index (χ3v) is 4.69. The van der Waals surface area contributed by atoms with Crippen LogP contribution in [0.15, 0.2) is 30.3 Å². The maximum absolute atomic E-state index is 11.3. The van der Waals surface area contributed by atoms with Crippen molar-refractivity contribution in [3.8, 4) is 0 Å². The molecule has 1 atom stereocenters. The molecule has 4 nitrogen and oxygen atoms in total. The minimum atomic E-state index is -0.712. The molecule has 4 heteroatoms. The highest BCUT2D eigenvalue weighted by Gasteiger charge is 2.41. The molecule has 1 aliphatic rings. The fraction of sp³-hybridized carbons (Fsp3) is 0.562. The standard InChI is InChI=1S/C16H24N2O2/c1-13(15(19)20)16(17-2)8-10-18(11-9-16)12-14-6-4-3-5-7-14/h3-7,13,17H,8-12H2,1-2H3,(H,19,20). The fourth-order valence-corrected chi connectivity index (χ4v) is 3.09. The zero-order chi connectivity index (χ0) is 14.6. The molecule has 1 unspecified atom stereocenters. The van der Waals surface area contributed by atoms with Gasteiger partial charge in [0.2, 0.25) is 0 Å². The van der Waals surface area contributed by atoms with Crippen molar-refractivity contribution in [1.82, 2.24) is 10.2 Å². The van der Waals surface area contributed by atoms with E-state index in [0.29, 0.717) is 0 Å². The smallest absolute Gasteiger partial charge is 0.308 e. The molecule has 2 N–H and O–H groups in total. The van der Waals surface area contributed by atoms with Gasteiger partial charge in [-0.3, -0.25) is 9.69 Å². The quantitative estimate of drug-likeness (QED) is 0.863. The first kappa shape index (κ1) is 15.0. The van der Waals surface area contributed by atoms with Crippen LogP contribution in [0, 0.1) is 5.92 Å². The molecule has 1 aromatic rings. The first-order chi connectivity index (χ1) is 9.57. The number of hydrogen-bond acceptors (Lipinski definition) is 3. The SMILES string of the molecule is CNC1(C(C)C(=O)O)CCN(Cc2ccccc2)CC1. The highest BCUT2D eigenvalue weighted by atomic mass is 16.4. The Hall–Kier alpha value is -1.39. The number of rotatable bonds is 5. The van der Waals surface area contributed by atoms with E-state index in [1.165, 1.54) is 5.56 Å². The van der Waals surface area contributed by atoms with E-state index in [1.54, 1.807) is 0 Å². The molecule has 0 aliphatic carbocycles. The molecular formula is C16H24N2O2. The number of aliphatic carboxylic acids is 1. The summed E-state index contributed by atoms with van der Waals surface area (Å²) in [7, 11) is 1.88. The van der Waals surface area contributed by atoms with Crippen molar-refractivity contribution in [2.24, 2.45) is 5.92 Å². The number of nitrogens with one attached hydrogen (secondary N) is 1. The van der Waals surface area contributed by atoms with Crippen molar-refractivity contribution >= 4 is 5.97 Å². The molecule has 1 aromatic carbocycles. The minimum Gasteiger partial charge on any atom is -0.481 e. The van der Waals surface area contributed by atoms with E-state index < -0.39 is 5.97 Å². The summed E-state index contributed by atoms with van der Waals surface area (Å²) in [6.07, 6.45) is 1.76. The second kappa shape index (κ2) is 6.37. The van der Waals surface area contributed by atoms with Gasteiger partial charge >= 0.3 is 5.97 Å². The van der Waals surface area contributed by atoms with Gasteiger partial charge in [-0.05, 0) is 25.5 Å². The number of carboxylic acid groups (broad SMARTS) is 1. The second-order valence-corrected chi connectivity index (χ2v) is 5.73. The van der Waals surface area contributed by atoms with Gasteiger partial charge in [-0.1, -0.05) is 37.3 Å². The van der Waals surface area contributed by atoms with Crippen molar-refractivity contribution in [3.05, 3.63) is 35.9 Å². The van der Waals surface area contributed by atoms with Crippen LogP contribution in [0.2, 0.25) is 0 Å². The Balaban J connectivity index is 1.95. The topological polar surface area (TPSA) is 52.6 Å². The lowest BCUT2D eigenvalue weighted by Gasteiger charge is -2.44. The average Bonchev–Trinajstić information content (AvgIpc) is 2.48. The van der Waals surface area contributed by atoms with Crippen LogP contribution in [0.25, 0.3) is 0 Å². The van der Waals surface area contributed by atoms with Crippen molar-refractivity contribution in [1.29, 1.82) is 0 Å². The van der Waals surface area contributed by atoms with Gasteiger partial charge in [-0.15, -0.1) is 0 Å². The van der Waals surface area contributed by atoms with Gasteiger partial charge in [-0.25, -0.2) is 0 Å². The first-order valence-corrected chi connectivity index (χ1v) is 7.25. The monoisotopic (exact) mass is 276 g/mol. The van der Waals surface area contributed by atoms with Gasteiger partial charge in [-0.2, -0.15) is 0 Å². The third kappa shape index (κ3) is 3.19. The summed E-state index contributed by atoms with van der Waals surface area (Å²) in [6, 6.07) is 10.4. The highest BCUT2D eigenvalue weighted by molar-refractivity contribution is 5.71. The number of benzene rings is 1. The van der Waals surface area contributed by atoms with Crippen LogP contribution in [0.1, 0.15) is 25.3 Å². The number of hydrogen-bond donors (Lipinski definition) is 2. The number of piperidine rings is 1. The molecular weight excluding hydrogens is 252 g/mol. The van der Waals surface area contributed by atoms with E-state index in [0.717, 1.165) is 32.5 Å². The van der Waals surface area contributed by atoms with Crippen LogP contribution in [0.3, 0.4) is 0 Å². The van der Waals surface area contributed by atoms with Gasteiger partial charge < -0.3 is 10.4 Å². The Bertz CT molecular complexity index is 439. The Kier molecular flexibility index (Phi) is 4.78. The molecule has 20 heavy (non-hydrogen) atoms. The van der Waals surface area contributed by atoms with Crippen LogP contribution < -0.4 is 5.32 Å². The van der Waals surface area contributed by atoms with Gasteiger partial charge in [0.1, 0.15) is 0 Å². The number of likely N-dealkylation sites (tertiary alicyclic amines) is 1. The molecule has 1 aliphatic heterocycles. The number of nitrogens with zero attached hydrogens (tertiary/aromatic N) is 1. The van der Waals surface area contributed by atoms with E-state index in [4.69, 9.17) is 0 Å². The molecule has 110 valence electrons. The zero-order valence-corrected chi connectivity index (χ0v) is 12.3. The molecule has 1 heterocycles. The fourth-order valence-electron chi connectivity index (χ4n) is 3.09. The summed E-state index contributed by atoms with van der Waals surface area (Å²) in [5, 5.41) is 12.6. The van der Waals surface area contributed by atoms with E-state index in [1.807, 2.05) is 20.0 Å². The van der Waals surface area contributed by atoms with Crippen LogP contribution in [-0.4, -0.2) is 41.7 Å². The van der Waals surface area contributed by atoms with Crippen molar-refractivity contribution in [2.45, 2.75) is 31.8 Å². The summed E-state index contributed by atoms with van der Waals surface area (Å²) in [6.45, 7) is 4.63. The summed E-state index contributed by atoms with van der Waals surface area (Å²) >= 11 is 0. The Morgan fingerprint density at radius 2 is 1.95 bits per heavy atom. The molecule has 0 spiro atoms. The first-order valence-electron chi connectivity index (χ1n) is 7.25. The number of carbonyl (C=O) groups is 1. The number of carboxylic acids is 1. The largest absolute Gasteiger partial charge is 0.481 e. The van der Waals surface area contributed by atoms with E-state index in [-0.39, 0.29) is 11.5 Å². The Morgan fingerprint density at radius 3 is 2.45 bits per heavy atom. The lowest BCUT2D eigenvalue weighted by atomic mass is 9.77. The Morgan fingerprint density at radius 1 is 1.35 bits per heavy atom. The molecule has 1 saturated heterocycles. The maximum atomic E-state index is 11.3. The normalized spacial score (nSPS) is 20.5. The van der Waals surface area contributed by atoms with E-state index in [2.05, 4.69) is 34.5 Å². The van der Waals surface area contributed by atoms with Crippen molar-refractivity contribution < 1.29 is 9.90 Å². The Labute approximate surface area is 120 Å². The zero-order valence-electron chi connectivity index (χ0n) is 12.3. The maximum Gasteiger partial charge on any atom is 0.308 e. The molecule has 1 fully saturated rings. The van der Waals surface area contributed by atoms with Gasteiger partial charge in [0.05, 0.1) is 5.92 Å². The van der Waals surface area contributed by atoms with Crippen LogP contribution in [0.4, 0.5) is 0 Å². The van der Waals surface area contributed by atoms with Gasteiger partial charge in [0.15, 0.2) is 0 Å². The van der Waals surface area contributed by atoms with Crippen molar-refractivity contribution in [3.63, 3.8) is 0 Å². The summed E-state index contributed by atoms with van der Waals surface area (Å²) < 4.78 is 0. The predicted octanol–water partition coefficient (Wildman–Crippen LogP) is 1.96. The van der Waals surface area contributed by atoms with Crippen LogP contribution in [-0.2, 0) is 11.3 Å². The molecule has 0 aromatic heterocycles. The molecule has 0 saturated carbocycles. The van der Waals surface area contributed by atoms with Crippen LogP contribution >= 0.6 is 0 Å². The predicted molar refractivity (Wildman–Crippen MR) is 79.5 cm³/mol. The summed E-state index contributed by atoms with van der Waals surface area (Å²) in [5.74, 6) is -1.07. The second-order valence-electron chi connectivity index (χ2n) is 5.73. The van der Waals surface area contributed by atoms with Gasteiger partial charge in [0.25, 0.3) is 0 Å². The average molecular weight is 276 g/mol. The minimum absolute atomic E-state index is 0.265. The van der Waals surface area contributed by atoms with Crippen molar-refractivity contribution in [2.75, 3.05) is 20.1 Å². The van der Waals surface area contributed by atoms with E-state index in [9.17, 15) is 9.90 Å². The summed E-state index contributed by atoms with van der Waals surface area (Å²) in [4.78, 5) is 13.7. The van der Waals surface area contributed by atoms with Gasteiger partial charge in [0, 0.05) is 25.2 Å². The molecule has 2 rings (SSSR count). The highest BCUT2D eigenvalue weighted by Crippen LogP contribution is 2.30. The molecule has 0 bridgehead atoms. The molecule has 0 amide bonds. The third-order valence-electron chi connectivity index (χ3n) is 4.69. The van der Waals surface area contributed by atoms with E-state index >= 15 is 0 Å². The van der Waals surface area contributed by atoms with Crippen LogP contribution in [0.5, 0.6) is 0 Å². The lowest BCUT2D eigenvalue weighted by Crippen LogP contribution is -2.57. The summed E-state index contributed by atoms with van der Waals surface area (Å²) in [5.41, 5.74) is 1.05. The molecule has 0 radical (unpaired) electrons. The lowest BCUT2D eigenvalue weighted by molar-refractivity contribution is -0.145.